The van der Waals surface area contributed by atoms with Crippen molar-refractivity contribution < 1.29 is 39.9 Å². The summed E-state index contributed by atoms with van der Waals surface area (Å²) in [6.07, 6.45) is -1.56. The highest BCUT2D eigenvalue weighted by molar-refractivity contribution is 7.92. The Morgan fingerprint density at radius 2 is 1.80 bits per heavy atom. The molecule has 1 saturated heterocycles. The fourth-order valence-corrected chi connectivity index (χ4v) is 3.77. The third kappa shape index (κ3) is 7.36. The maximum Gasteiger partial charge on any atom is 0.433 e. The normalized spacial score (nSPS) is 14.9. The van der Waals surface area contributed by atoms with Crippen molar-refractivity contribution in [3.63, 3.8) is 0 Å². The first-order valence-electron chi connectivity index (χ1n) is 10.2. The van der Waals surface area contributed by atoms with E-state index in [2.05, 4.69) is 10.3 Å². The van der Waals surface area contributed by atoms with Crippen LogP contribution in [0.5, 0.6) is 0 Å². The fraction of sp³-hybridized carbons (Fsp3) is 0.333. The van der Waals surface area contributed by atoms with Gasteiger partial charge in [0.15, 0.2) is 11.6 Å². The molecule has 0 spiro atoms. The zero-order valence-corrected chi connectivity index (χ0v) is 19.1. The monoisotopic (exact) mass is 520 g/mol. The molecule has 0 bridgehead atoms. The molecule has 0 saturated carbocycles. The van der Waals surface area contributed by atoms with Crippen LogP contribution in [0, 0.1) is 11.6 Å². The van der Waals surface area contributed by atoms with Gasteiger partial charge < -0.3 is 15.0 Å². The van der Waals surface area contributed by atoms with E-state index >= 15 is 0 Å². The summed E-state index contributed by atoms with van der Waals surface area (Å²) in [5.41, 5.74) is -1.62. The van der Waals surface area contributed by atoms with Crippen molar-refractivity contribution in [3.8, 4) is 0 Å². The van der Waals surface area contributed by atoms with E-state index in [9.17, 15) is 35.2 Å². The van der Waals surface area contributed by atoms with E-state index in [-0.39, 0.29) is 23.5 Å². The van der Waals surface area contributed by atoms with Crippen molar-refractivity contribution in [1.82, 2.24) is 10.3 Å². The van der Waals surface area contributed by atoms with Crippen molar-refractivity contribution in [2.75, 3.05) is 42.2 Å². The molecule has 35 heavy (non-hydrogen) atoms. The maximum atomic E-state index is 14.1. The van der Waals surface area contributed by atoms with E-state index in [1.807, 2.05) is 0 Å². The summed E-state index contributed by atoms with van der Waals surface area (Å²) in [4.78, 5) is 17.6. The largest absolute Gasteiger partial charge is 0.433 e. The van der Waals surface area contributed by atoms with Gasteiger partial charge in [-0.3, -0.25) is 9.52 Å². The molecule has 1 amide bonds. The van der Waals surface area contributed by atoms with Gasteiger partial charge in [0, 0.05) is 31.3 Å². The predicted octanol–water partition coefficient (Wildman–Crippen LogP) is 2.92. The van der Waals surface area contributed by atoms with E-state index < -0.39 is 45.1 Å². The van der Waals surface area contributed by atoms with Gasteiger partial charge in [-0.15, -0.1) is 0 Å². The van der Waals surface area contributed by atoms with E-state index in [0.717, 1.165) is 30.5 Å². The number of sulfonamides is 1. The Morgan fingerprint density at radius 3 is 2.37 bits per heavy atom. The second-order valence-electron chi connectivity index (χ2n) is 7.57. The fourth-order valence-electron chi connectivity index (χ4n) is 3.20. The molecule has 1 aromatic heterocycles. The van der Waals surface area contributed by atoms with Crippen molar-refractivity contribution in [1.29, 1.82) is 0 Å². The van der Waals surface area contributed by atoms with Crippen molar-refractivity contribution >= 4 is 33.5 Å². The standard InChI is InChI=1S/C21H21F5N4O4S/c1-35(32,33)29-19-15(22)10-13(11-16(19)23)12-27-18(31)5-3-14-2-4-17(21(24,25)26)28-20(14)30-6-8-34-9-7-30/h2-5,10-11,29H,6-9,12H2,1H3,(H,27,31)/b5-3-. The van der Waals surface area contributed by atoms with Crippen LogP contribution in [0.2, 0.25) is 0 Å². The Morgan fingerprint density at radius 1 is 1.17 bits per heavy atom. The van der Waals surface area contributed by atoms with Crippen molar-refractivity contribution in [2.24, 2.45) is 0 Å². The number of carbonyl (C=O) groups excluding carboxylic acids is 1. The number of halogens is 5. The van der Waals surface area contributed by atoms with Gasteiger partial charge in [0.1, 0.15) is 17.2 Å². The molecule has 14 heteroatoms. The van der Waals surface area contributed by atoms with Crippen LogP contribution in [0.4, 0.5) is 33.5 Å². The van der Waals surface area contributed by atoms with Crippen LogP contribution in [-0.2, 0) is 32.3 Å². The summed E-state index contributed by atoms with van der Waals surface area (Å²) in [5, 5.41) is 2.39. The van der Waals surface area contributed by atoms with E-state index in [0.29, 0.717) is 26.3 Å². The van der Waals surface area contributed by atoms with E-state index in [4.69, 9.17) is 4.74 Å². The minimum atomic E-state index is -4.64. The van der Waals surface area contributed by atoms with Crippen LogP contribution < -0.4 is 14.9 Å². The van der Waals surface area contributed by atoms with Crippen molar-refractivity contribution in [3.05, 3.63) is 58.8 Å². The molecule has 2 aromatic rings. The number of nitrogens with one attached hydrogen (secondary N) is 2. The summed E-state index contributed by atoms with van der Waals surface area (Å²) in [5.74, 6) is -2.97. The van der Waals surface area contributed by atoms with Gasteiger partial charge in [0.05, 0.1) is 19.5 Å². The lowest BCUT2D eigenvalue weighted by molar-refractivity contribution is -0.141. The summed E-state index contributed by atoms with van der Waals surface area (Å²) in [6, 6.07) is 3.72. The highest BCUT2D eigenvalue weighted by Crippen LogP contribution is 2.31. The molecule has 3 rings (SSSR count). The quantitative estimate of drug-likeness (QED) is 0.430. The number of ether oxygens (including phenoxy) is 1. The van der Waals surface area contributed by atoms with Gasteiger partial charge in [-0.25, -0.2) is 22.2 Å². The summed E-state index contributed by atoms with van der Waals surface area (Å²) >= 11 is 0. The highest BCUT2D eigenvalue weighted by atomic mass is 32.2. The molecule has 1 aromatic carbocycles. The second-order valence-corrected chi connectivity index (χ2v) is 9.31. The summed E-state index contributed by atoms with van der Waals surface area (Å²) in [6.45, 7) is 0.976. The van der Waals surface area contributed by atoms with E-state index in [1.54, 1.807) is 9.62 Å². The molecule has 0 atom stereocenters. The second kappa shape index (κ2) is 10.6. The van der Waals surface area contributed by atoms with Gasteiger partial charge in [0.2, 0.25) is 15.9 Å². The Labute approximate surface area is 197 Å². The number of morpholine rings is 1. The molecule has 0 aliphatic carbocycles. The molecule has 1 fully saturated rings. The maximum absolute atomic E-state index is 14.1. The highest BCUT2D eigenvalue weighted by Gasteiger charge is 2.33. The number of benzene rings is 1. The molecule has 190 valence electrons. The average molecular weight is 520 g/mol. The van der Waals surface area contributed by atoms with Gasteiger partial charge >= 0.3 is 6.18 Å². The van der Waals surface area contributed by atoms with Crippen LogP contribution in [-0.4, -0.2) is 51.9 Å². The third-order valence-corrected chi connectivity index (χ3v) is 5.35. The molecule has 1 aliphatic heterocycles. The molecule has 1 aliphatic rings. The number of rotatable bonds is 7. The van der Waals surface area contributed by atoms with Gasteiger partial charge in [-0.1, -0.05) is 0 Å². The lowest BCUT2D eigenvalue weighted by Gasteiger charge is -2.29. The zero-order valence-electron chi connectivity index (χ0n) is 18.3. The van der Waals surface area contributed by atoms with E-state index in [1.165, 1.54) is 12.1 Å². The Kier molecular flexibility index (Phi) is 7.95. The van der Waals surface area contributed by atoms with Crippen LogP contribution in [0.1, 0.15) is 16.8 Å². The number of hydrogen-bond donors (Lipinski definition) is 2. The SMILES string of the molecule is CS(=O)(=O)Nc1c(F)cc(CNC(=O)/C=C\c2ccc(C(F)(F)F)nc2N2CCOCC2)cc1F. The molecule has 0 unspecified atom stereocenters. The lowest BCUT2D eigenvalue weighted by atomic mass is 10.1. The molecule has 2 heterocycles. The van der Waals surface area contributed by atoms with Crippen molar-refractivity contribution in [2.45, 2.75) is 12.7 Å². The first-order valence-corrected chi connectivity index (χ1v) is 12.0. The van der Waals surface area contributed by atoms with Crippen LogP contribution >= 0.6 is 0 Å². The van der Waals surface area contributed by atoms with Crippen LogP contribution in [0.25, 0.3) is 6.08 Å². The van der Waals surface area contributed by atoms with Crippen LogP contribution in [0.15, 0.2) is 30.3 Å². The molecule has 8 nitrogen and oxygen atoms in total. The number of amides is 1. The number of alkyl halides is 3. The number of nitrogens with zero attached hydrogens (tertiary/aromatic N) is 2. The smallest absolute Gasteiger partial charge is 0.378 e. The van der Waals surface area contributed by atoms with Crippen LogP contribution in [0.3, 0.4) is 0 Å². The number of carbonyl (C=O) groups is 1. The first kappa shape index (κ1) is 26.3. The number of aromatic nitrogens is 1. The average Bonchev–Trinajstić information content (AvgIpc) is 2.78. The third-order valence-electron chi connectivity index (χ3n) is 4.78. The van der Waals surface area contributed by atoms with Gasteiger partial charge in [0.25, 0.3) is 0 Å². The minimum absolute atomic E-state index is 0.0194. The summed E-state index contributed by atoms with van der Waals surface area (Å²) < 4.78 is 96.9. The Bertz CT molecular complexity index is 1210. The first-order chi connectivity index (χ1) is 16.3. The number of anilines is 2. The molecule has 0 radical (unpaired) electrons. The molecule has 2 N–H and O–H groups in total. The topological polar surface area (TPSA) is 101 Å². The Balaban J connectivity index is 1.73. The molecular formula is C21H21F5N4O4S. The predicted molar refractivity (Wildman–Crippen MR) is 118 cm³/mol. The van der Waals surface area contributed by atoms with Gasteiger partial charge in [-0.05, 0) is 35.9 Å². The number of hydrogen-bond acceptors (Lipinski definition) is 6. The minimum Gasteiger partial charge on any atom is -0.378 e. The van der Waals surface area contributed by atoms with Gasteiger partial charge in [-0.2, -0.15) is 13.2 Å². The summed E-state index contributed by atoms with van der Waals surface area (Å²) in [7, 11) is -3.90. The number of pyridine rings is 1. The molecular weight excluding hydrogens is 499 g/mol. The zero-order chi connectivity index (χ0) is 25.8. The Hall–Kier alpha value is -3.26. The lowest BCUT2D eigenvalue weighted by Crippen LogP contribution is -2.37.